The summed E-state index contributed by atoms with van der Waals surface area (Å²) in [6, 6.07) is 7.65. The Kier molecular flexibility index (Phi) is 11.0. The summed E-state index contributed by atoms with van der Waals surface area (Å²) in [4.78, 5) is 16.4. The number of rotatable bonds is 10. The van der Waals surface area contributed by atoms with Crippen LogP contribution in [-0.2, 0) is 14.4 Å². The maximum absolute atomic E-state index is 10.6. The van der Waals surface area contributed by atoms with Crippen LogP contribution in [0.2, 0.25) is 0 Å². The van der Waals surface area contributed by atoms with Crippen LogP contribution in [0.15, 0.2) is 29.4 Å². The topological polar surface area (TPSA) is 97.8 Å². The molecule has 0 aromatic heterocycles. The van der Waals surface area contributed by atoms with Crippen molar-refractivity contribution in [1.29, 1.82) is 5.41 Å². The molecule has 0 fully saturated rings. The van der Waals surface area contributed by atoms with Gasteiger partial charge in [-0.05, 0) is 31.7 Å². The molecule has 1 aliphatic rings. The fourth-order valence-corrected chi connectivity index (χ4v) is 3.38. The number of ether oxygens (including phenoxy) is 1. The summed E-state index contributed by atoms with van der Waals surface area (Å²) in [5.74, 6) is 0.0202. The van der Waals surface area contributed by atoms with E-state index in [1.54, 1.807) is 0 Å². The fraction of sp³-hybridized carbons (Fsp3) is 0.609. The molecule has 0 aliphatic carbocycles. The number of unbranched alkanes of at least 4 members (excludes halogenated alkanes) is 1. The first-order valence-electron chi connectivity index (χ1n) is 10.8. The highest BCUT2D eigenvalue weighted by atomic mass is 16.7. The van der Waals surface area contributed by atoms with E-state index >= 15 is 0 Å². The number of hydrogen-bond acceptors (Lipinski definition) is 5. The number of nitrogens with zero attached hydrogens (tertiary/aromatic N) is 1. The molecule has 1 heterocycles. The van der Waals surface area contributed by atoms with Gasteiger partial charge in [-0.3, -0.25) is 10.2 Å². The number of hydrogen-bond donors (Lipinski definition) is 2. The highest BCUT2D eigenvalue weighted by Gasteiger charge is 2.37. The Bertz CT molecular complexity index is 662. The van der Waals surface area contributed by atoms with E-state index < -0.39 is 0 Å². The standard InChI is InChI=1S/C16H23N3O.C7H14O2/c1-3-9-16(10-4-2)11-14(19-20-16)12-5-7-13(8-6-12)15(17)18;1-3-5-6-7(8)9-4-2/h5-8H,3-4,9-11H2,1-2H3,(H3,17,18);3-6H2,1-2H3. The zero-order valence-electron chi connectivity index (χ0n) is 18.4. The lowest BCUT2D eigenvalue weighted by Gasteiger charge is -2.25. The molecular formula is C23H37N3O3. The molecule has 0 unspecified atom stereocenters. The first kappa shape index (κ1) is 24.7. The average molecular weight is 404 g/mol. The van der Waals surface area contributed by atoms with E-state index in [1.165, 1.54) is 0 Å². The van der Waals surface area contributed by atoms with E-state index in [1.807, 2.05) is 31.2 Å². The predicted molar refractivity (Wildman–Crippen MR) is 118 cm³/mol. The van der Waals surface area contributed by atoms with Gasteiger partial charge in [0.25, 0.3) is 0 Å². The quantitative estimate of drug-likeness (QED) is 0.320. The maximum Gasteiger partial charge on any atom is 0.305 e. The van der Waals surface area contributed by atoms with Crippen molar-refractivity contribution in [3.8, 4) is 0 Å². The van der Waals surface area contributed by atoms with Gasteiger partial charge in [-0.1, -0.05) is 69.5 Å². The van der Waals surface area contributed by atoms with Crippen LogP contribution in [0.4, 0.5) is 0 Å². The van der Waals surface area contributed by atoms with Crippen LogP contribution in [0.5, 0.6) is 0 Å². The van der Waals surface area contributed by atoms with Gasteiger partial charge in [0.2, 0.25) is 0 Å². The van der Waals surface area contributed by atoms with Crippen LogP contribution in [-0.4, -0.2) is 29.7 Å². The Labute approximate surface area is 175 Å². The third-order valence-corrected chi connectivity index (χ3v) is 4.82. The number of esters is 1. The van der Waals surface area contributed by atoms with Gasteiger partial charge < -0.3 is 15.3 Å². The second kappa shape index (κ2) is 13.0. The molecule has 3 N–H and O–H groups in total. The maximum atomic E-state index is 10.6. The van der Waals surface area contributed by atoms with Crippen LogP contribution >= 0.6 is 0 Å². The van der Waals surface area contributed by atoms with Crippen molar-refractivity contribution in [3.05, 3.63) is 35.4 Å². The Morgan fingerprint density at radius 1 is 1.14 bits per heavy atom. The molecule has 1 aromatic carbocycles. The summed E-state index contributed by atoms with van der Waals surface area (Å²) in [5.41, 5.74) is 8.15. The van der Waals surface area contributed by atoms with E-state index in [9.17, 15) is 4.79 Å². The Morgan fingerprint density at radius 2 is 1.76 bits per heavy atom. The molecule has 0 saturated heterocycles. The SMILES string of the molecule is CCCC1(CCC)CC(c2ccc(C(=N)N)cc2)=NO1.CCCCC(=O)OCC. The normalized spacial score (nSPS) is 14.3. The van der Waals surface area contributed by atoms with Crippen molar-refractivity contribution in [3.63, 3.8) is 0 Å². The number of amidine groups is 1. The largest absolute Gasteiger partial charge is 0.466 e. The monoisotopic (exact) mass is 403 g/mol. The smallest absolute Gasteiger partial charge is 0.305 e. The summed E-state index contributed by atoms with van der Waals surface area (Å²) in [7, 11) is 0. The summed E-state index contributed by atoms with van der Waals surface area (Å²) in [5, 5.41) is 11.7. The van der Waals surface area contributed by atoms with Gasteiger partial charge >= 0.3 is 5.97 Å². The summed E-state index contributed by atoms with van der Waals surface area (Å²) in [6.07, 6.45) is 7.73. The first-order chi connectivity index (χ1) is 13.9. The van der Waals surface area contributed by atoms with E-state index in [0.29, 0.717) is 13.0 Å². The molecular weight excluding hydrogens is 366 g/mol. The van der Waals surface area contributed by atoms with Crippen molar-refractivity contribution in [2.75, 3.05) is 6.61 Å². The van der Waals surface area contributed by atoms with Crippen molar-refractivity contribution in [2.24, 2.45) is 10.9 Å². The molecule has 0 atom stereocenters. The number of oxime groups is 1. The van der Waals surface area contributed by atoms with Gasteiger partial charge in [-0.2, -0.15) is 0 Å². The Hall–Kier alpha value is -2.37. The van der Waals surface area contributed by atoms with Gasteiger partial charge in [-0.25, -0.2) is 0 Å². The number of carbonyl (C=O) groups is 1. The zero-order chi connectivity index (χ0) is 21.7. The molecule has 2 rings (SSSR count). The number of nitrogens with one attached hydrogen (secondary N) is 1. The van der Waals surface area contributed by atoms with Gasteiger partial charge in [-0.15, -0.1) is 0 Å². The van der Waals surface area contributed by atoms with Crippen LogP contribution < -0.4 is 5.73 Å². The van der Waals surface area contributed by atoms with Gasteiger partial charge in [0.05, 0.1) is 12.3 Å². The van der Waals surface area contributed by atoms with Crippen LogP contribution in [0.3, 0.4) is 0 Å². The number of nitrogens with two attached hydrogens (primary N) is 1. The van der Waals surface area contributed by atoms with Crippen LogP contribution in [0.1, 0.15) is 90.2 Å². The minimum Gasteiger partial charge on any atom is -0.466 e. The van der Waals surface area contributed by atoms with E-state index in [2.05, 4.69) is 25.9 Å². The lowest BCUT2D eigenvalue weighted by molar-refractivity contribution is -0.143. The lowest BCUT2D eigenvalue weighted by Crippen LogP contribution is -2.28. The molecule has 0 amide bonds. The van der Waals surface area contributed by atoms with Gasteiger partial charge in [0.1, 0.15) is 11.4 Å². The summed E-state index contributed by atoms with van der Waals surface area (Å²) < 4.78 is 4.70. The minimum absolute atomic E-state index is 0.0700. The molecule has 6 heteroatoms. The average Bonchev–Trinajstić information content (AvgIpc) is 3.11. The van der Waals surface area contributed by atoms with Gasteiger partial charge in [0.15, 0.2) is 0 Å². The molecule has 0 radical (unpaired) electrons. The third-order valence-electron chi connectivity index (χ3n) is 4.82. The first-order valence-corrected chi connectivity index (χ1v) is 10.8. The summed E-state index contributed by atoms with van der Waals surface area (Å²) >= 11 is 0. The number of carbonyl (C=O) groups excluding carboxylic acids is 1. The number of nitrogen functional groups attached to an aromatic ring is 1. The van der Waals surface area contributed by atoms with Gasteiger partial charge in [0, 0.05) is 18.4 Å². The highest BCUT2D eigenvalue weighted by molar-refractivity contribution is 6.03. The second-order valence-corrected chi connectivity index (χ2v) is 7.39. The fourth-order valence-electron chi connectivity index (χ4n) is 3.38. The highest BCUT2D eigenvalue weighted by Crippen LogP contribution is 2.35. The van der Waals surface area contributed by atoms with Crippen molar-refractivity contribution < 1.29 is 14.4 Å². The third kappa shape index (κ3) is 8.26. The van der Waals surface area contributed by atoms with Crippen LogP contribution in [0.25, 0.3) is 0 Å². The molecule has 1 aromatic rings. The lowest BCUT2D eigenvalue weighted by atomic mass is 9.86. The van der Waals surface area contributed by atoms with Crippen LogP contribution in [0, 0.1) is 5.41 Å². The molecule has 0 bridgehead atoms. The Balaban J connectivity index is 0.000000396. The van der Waals surface area contributed by atoms with Crippen molar-refractivity contribution in [1.82, 2.24) is 0 Å². The Morgan fingerprint density at radius 3 is 2.24 bits per heavy atom. The predicted octanol–water partition coefficient (Wildman–Crippen LogP) is 5.17. The van der Waals surface area contributed by atoms with Crippen molar-refractivity contribution in [2.45, 2.75) is 84.7 Å². The zero-order valence-corrected chi connectivity index (χ0v) is 18.4. The summed E-state index contributed by atoms with van der Waals surface area (Å²) in [6.45, 7) is 8.74. The molecule has 6 nitrogen and oxygen atoms in total. The molecule has 29 heavy (non-hydrogen) atoms. The molecule has 0 saturated carbocycles. The van der Waals surface area contributed by atoms with E-state index in [4.69, 9.17) is 20.7 Å². The molecule has 1 aliphatic heterocycles. The van der Waals surface area contributed by atoms with Crippen molar-refractivity contribution >= 4 is 17.5 Å². The molecule has 0 spiro atoms. The van der Waals surface area contributed by atoms with E-state index in [-0.39, 0.29) is 17.4 Å². The molecule has 162 valence electrons. The number of benzene rings is 1. The minimum atomic E-state index is -0.113. The second-order valence-electron chi connectivity index (χ2n) is 7.39. The van der Waals surface area contributed by atoms with E-state index in [0.717, 1.165) is 61.8 Å².